The van der Waals surface area contributed by atoms with Crippen molar-refractivity contribution in [2.24, 2.45) is 5.73 Å². The molecule has 0 unspecified atom stereocenters. The fourth-order valence-electron chi connectivity index (χ4n) is 1.93. The van der Waals surface area contributed by atoms with Crippen molar-refractivity contribution in [2.45, 2.75) is 25.3 Å². The molecule has 1 aliphatic rings. The molecule has 1 aliphatic carbocycles. The second kappa shape index (κ2) is 6.83. The Balaban J connectivity index is 2.08. The Bertz CT molecular complexity index is 542. The van der Waals surface area contributed by atoms with Crippen LogP contribution in [0.4, 0.5) is 10.5 Å². The van der Waals surface area contributed by atoms with E-state index in [0.29, 0.717) is 24.0 Å². The van der Waals surface area contributed by atoms with E-state index in [1.807, 2.05) is 6.07 Å². The lowest BCUT2D eigenvalue weighted by atomic mass is 9.93. The van der Waals surface area contributed by atoms with E-state index in [2.05, 4.69) is 22.5 Å². The number of carbonyl (C=O) groups is 1. The fraction of sp³-hybridized carbons (Fsp3) is 0.400. The molecular weight excluding hydrogens is 254 g/mol. The smallest absolute Gasteiger partial charge is 0.319 e. The summed E-state index contributed by atoms with van der Waals surface area (Å²) in [6.45, 7) is 0.303. The maximum Gasteiger partial charge on any atom is 0.319 e. The Morgan fingerprint density at radius 3 is 2.90 bits per heavy atom. The third kappa shape index (κ3) is 3.65. The van der Waals surface area contributed by atoms with Gasteiger partial charge < -0.3 is 21.1 Å². The molecule has 1 saturated carbocycles. The Kier molecular flexibility index (Phi) is 4.85. The molecule has 0 radical (unpaired) electrons. The number of hydrogen-bond donors (Lipinski definition) is 3. The summed E-state index contributed by atoms with van der Waals surface area (Å²) >= 11 is 0. The lowest BCUT2D eigenvalue weighted by Crippen LogP contribution is -2.41. The van der Waals surface area contributed by atoms with Crippen molar-refractivity contribution in [3.05, 3.63) is 23.8 Å². The van der Waals surface area contributed by atoms with E-state index in [-0.39, 0.29) is 6.03 Å². The monoisotopic (exact) mass is 273 g/mol. The summed E-state index contributed by atoms with van der Waals surface area (Å²) in [5.41, 5.74) is 6.74. The molecule has 2 rings (SSSR count). The first-order chi connectivity index (χ1) is 9.72. The highest BCUT2D eigenvalue weighted by Crippen LogP contribution is 2.25. The van der Waals surface area contributed by atoms with Gasteiger partial charge in [0, 0.05) is 11.6 Å². The van der Waals surface area contributed by atoms with Crippen molar-refractivity contribution in [2.75, 3.05) is 19.0 Å². The number of methoxy groups -OCH3 is 1. The largest absolute Gasteiger partial charge is 0.495 e. The number of benzene rings is 1. The summed E-state index contributed by atoms with van der Waals surface area (Å²) in [5.74, 6) is 6.32. The molecule has 0 heterocycles. The highest BCUT2D eigenvalue weighted by atomic mass is 16.5. The zero-order valence-electron chi connectivity index (χ0n) is 11.5. The van der Waals surface area contributed by atoms with Crippen LogP contribution in [0.15, 0.2) is 18.2 Å². The summed E-state index contributed by atoms with van der Waals surface area (Å²) in [7, 11) is 1.57. The summed E-state index contributed by atoms with van der Waals surface area (Å²) in [5, 5.41) is 5.72. The maximum absolute atomic E-state index is 11.9. The molecule has 106 valence electrons. The summed E-state index contributed by atoms with van der Waals surface area (Å²) in [6.07, 6.45) is 3.28. The molecule has 5 nitrogen and oxygen atoms in total. The molecule has 0 saturated heterocycles. The van der Waals surface area contributed by atoms with E-state index < -0.39 is 0 Å². The number of amides is 2. The minimum atomic E-state index is -0.211. The van der Waals surface area contributed by atoms with E-state index in [4.69, 9.17) is 10.5 Å². The van der Waals surface area contributed by atoms with Crippen molar-refractivity contribution >= 4 is 11.7 Å². The Labute approximate surface area is 118 Å². The minimum absolute atomic E-state index is 0.211. The van der Waals surface area contributed by atoms with Gasteiger partial charge in [-0.1, -0.05) is 11.8 Å². The van der Waals surface area contributed by atoms with Crippen LogP contribution in [0, 0.1) is 11.8 Å². The average molecular weight is 273 g/mol. The number of anilines is 1. The van der Waals surface area contributed by atoms with Crippen LogP contribution in [0.1, 0.15) is 24.8 Å². The van der Waals surface area contributed by atoms with Crippen molar-refractivity contribution in [3.8, 4) is 17.6 Å². The number of nitrogens with two attached hydrogens (primary N) is 1. The molecule has 4 N–H and O–H groups in total. The van der Waals surface area contributed by atoms with Crippen LogP contribution in [0.25, 0.3) is 0 Å². The molecule has 2 amide bonds. The average Bonchev–Trinajstić information content (AvgIpc) is 2.41. The summed E-state index contributed by atoms with van der Waals surface area (Å²) < 4.78 is 5.24. The zero-order valence-corrected chi connectivity index (χ0v) is 11.5. The third-order valence-electron chi connectivity index (χ3n) is 3.22. The number of urea groups is 1. The quantitative estimate of drug-likeness (QED) is 0.733. The van der Waals surface area contributed by atoms with Crippen molar-refractivity contribution in [1.29, 1.82) is 0 Å². The van der Waals surface area contributed by atoms with Gasteiger partial charge >= 0.3 is 6.03 Å². The first kappa shape index (κ1) is 14.2. The normalized spacial score (nSPS) is 13.7. The van der Waals surface area contributed by atoms with Gasteiger partial charge in [0.15, 0.2) is 0 Å². The predicted octanol–water partition coefficient (Wildman–Crippen LogP) is 1.68. The van der Waals surface area contributed by atoms with Gasteiger partial charge in [0.1, 0.15) is 5.75 Å². The lowest BCUT2D eigenvalue weighted by molar-refractivity contribution is 0.240. The zero-order chi connectivity index (χ0) is 14.4. The van der Waals surface area contributed by atoms with E-state index >= 15 is 0 Å². The highest BCUT2D eigenvalue weighted by molar-refractivity contribution is 5.91. The molecule has 0 aromatic heterocycles. The van der Waals surface area contributed by atoms with Gasteiger partial charge in [-0.15, -0.1) is 0 Å². The number of ether oxygens (including phenoxy) is 1. The predicted molar refractivity (Wildman–Crippen MR) is 78.7 cm³/mol. The van der Waals surface area contributed by atoms with Crippen LogP contribution in [-0.4, -0.2) is 25.7 Å². The SMILES string of the molecule is COc1ccc(C#CCN)cc1NC(=O)NC1CCC1. The first-order valence-electron chi connectivity index (χ1n) is 6.67. The lowest BCUT2D eigenvalue weighted by Gasteiger charge is -2.26. The Morgan fingerprint density at radius 2 is 2.30 bits per heavy atom. The first-order valence-corrected chi connectivity index (χ1v) is 6.67. The van der Waals surface area contributed by atoms with Crippen LogP contribution in [0.2, 0.25) is 0 Å². The van der Waals surface area contributed by atoms with Crippen molar-refractivity contribution in [3.63, 3.8) is 0 Å². The van der Waals surface area contributed by atoms with Crippen molar-refractivity contribution < 1.29 is 9.53 Å². The van der Waals surface area contributed by atoms with E-state index in [0.717, 1.165) is 18.4 Å². The van der Waals surface area contributed by atoms with Gasteiger partial charge in [-0.05, 0) is 37.5 Å². The maximum atomic E-state index is 11.9. The molecule has 0 atom stereocenters. The van der Waals surface area contributed by atoms with Gasteiger partial charge in [-0.25, -0.2) is 4.79 Å². The number of hydrogen-bond acceptors (Lipinski definition) is 3. The number of nitrogens with one attached hydrogen (secondary N) is 2. The van der Waals surface area contributed by atoms with Crippen LogP contribution in [0.5, 0.6) is 5.75 Å². The van der Waals surface area contributed by atoms with Gasteiger partial charge in [0.25, 0.3) is 0 Å². The van der Waals surface area contributed by atoms with Crippen molar-refractivity contribution in [1.82, 2.24) is 5.32 Å². The summed E-state index contributed by atoms with van der Waals surface area (Å²) in [6, 6.07) is 5.47. The molecule has 1 aromatic rings. The molecule has 20 heavy (non-hydrogen) atoms. The second-order valence-corrected chi connectivity index (χ2v) is 4.65. The van der Waals surface area contributed by atoms with E-state index in [1.165, 1.54) is 6.42 Å². The molecule has 1 aromatic carbocycles. The number of rotatable bonds is 3. The van der Waals surface area contributed by atoms with Gasteiger partial charge in [-0.2, -0.15) is 0 Å². The van der Waals surface area contributed by atoms with Gasteiger partial charge in [-0.3, -0.25) is 0 Å². The van der Waals surface area contributed by atoms with Gasteiger partial charge in [0.05, 0.1) is 19.3 Å². The van der Waals surface area contributed by atoms with Crippen LogP contribution in [0.3, 0.4) is 0 Å². The topological polar surface area (TPSA) is 76.4 Å². The molecule has 5 heteroatoms. The van der Waals surface area contributed by atoms with E-state index in [9.17, 15) is 4.79 Å². The molecule has 0 aliphatic heterocycles. The second-order valence-electron chi connectivity index (χ2n) is 4.65. The molecule has 0 bridgehead atoms. The van der Waals surface area contributed by atoms with Crippen LogP contribution in [-0.2, 0) is 0 Å². The summed E-state index contributed by atoms with van der Waals surface area (Å²) in [4.78, 5) is 11.9. The number of carbonyl (C=O) groups excluding carboxylic acids is 1. The minimum Gasteiger partial charge on any atom is -0.495 e. The fourth-order valence-corrected chi connectivity index (χ4v) is 1.93. The van der Waals surface area contributed by atoms with Gasteiger partial charge in [0.2, 0.25) is 0 Å². The standard InChI is InChI=1S/C15H19N3O2/c1-20-14-8-7-11(4-3-9-16)10-13(14)18-15(19)17-12-5-2-6-12/h7-8,10,12H,2,5-6,9,16H2,1H3,(H2,17,18,19). The Morgan fingerprint density at radius 1 is 1.50 bits per heavy atom. The van der Waals surface area contributed by atoms with E-state index in [1.54, 1.807) is 19.2 Å². The highest BCUT2D eigenvalue weighted by Gasteiger charge is 2.19. The third-order valence-corrected chi connectivity index (χ3v) is 3.22. The molecule has 0 spiro atoms. The molecule has 1 fully saturated rings. The molecular formula is C15H19N3O2. The Hall–Kier alpha value is -2.19. The van der Waals surface area contributed by atoms with Crippen LogP contribution >= 0.6 is 0 Å². The van der Waals surface area contributed by atoms with Crippen LogP contribution < -0.4 is 21.1 Å².